The van der Waals surface area contributed by atoms with Crippen LogP contribution >= 0.6 is 11.6 Å². The minimum atomic E-state index is -1.18. The van der Waals surface area contributed by atoms with Crippen LogP contribution < -0.4 is 10.9 Å². The van der Waals surface area contributed by atoms with Crippen molar-refractivity contribution in [3.05, 3.63) is 29.6 Å². The lowest BCUT2D eigenvalue weighted by atomic mass is 10.2. The number of rotatable bonds is 2. The molecule has 1 aromatic carbocycles. The van der Waals surface area contributed by atoms with Gasteiger partial charge in [0.2, 0.25) is 0 Å². The summed E-state index contributed by atoms with van der Waals surface area (Å²) in [7, 11) is 2.09. The second-order valence-electron chi connectivity index (χ2n) is 3.83. The lowest BCUT2D eigenvalue weighted by Crippen LogP contribution is -2.45. The Balaban J connectivity index is 0.000000697. The van der Waals surface area contributed by atoms with Gasteiger partial charge in [0.05, 0.1) is 14.2 Å². The van der Waals surface area contributed by atoms with Crippen LogP contribution in [0.1, 0.15) is 10.4 Å². The van der Waals surface area contributed by atoms with Crippen molar-refractivity contribution >= 4 is 40.6 Å². The first-order valence-corrected chi connectivity index (χ1v) is 6.46. The lowest BCUT2D eigenvalue weighted by molar-refractivity contribution is -0.153. The highest BCUT2D eigenvalue weighted by Crippen LogP contribution is 2.16. The average Bonchev–Trinajstić information content (AvgIpc) is 2.60. The molecule has 0 fully saturated rings. The second-order valence-corrected chi connectivity index (χ2v) is 4.17. The molecule has 0 saturated heterocycles. The van der Waals surface area contributed by atoms with E-state index in [0.29, 0.717) is 0 Å². The molecular formula is C13H12ClFN2O8. The normalized spacial score (nSPS) is 8.96. The molecule has 1 rings (SSSR count). The highest BCUT2D eigenvalue weighted by atomic mass is 35.5. The Bertz CT molecular complexity index is 695. The first-order valence-electron chi connectivity index (χ1n) is 6.08. The number of phenols is 1. The molecule has 2 amide bonds. The number of methoxy groups -OCH3 is 2. The van der Waals surface area contributed by atoms with Gasteiger partial charge in [-0.3, -0.25) is 25.2 Å². The minimum absolute atomic E-state index is 0.0981. The molecule has 0 aliphatic rings. The Labute approximate surface area is 144 Å². The predicted octanol–water partition coefficient (Wildman–Crippen LogP) is -0.610. The zero-order valence-electron chi connectivity index (χ0n) is 12.8. The van der Waals surface area contributed by atoms with Crippen molar-refractivity contribution in [2.45, 2.75) is 0 Å². The largest absolute Gasteiger partial charge is 0.505 e. The molecule has 0 spiro atoms. The molecule has 10 nitrogen and oxygen atoms in total. The summed E-state index contributed by atoms with van der Waals surface area (Å²) < 4.78 is 20.7. The summed E-state index contributed by atoms with van der Waals surface area (Å²) in [4.78, 5) is 52.5. The van der Waals surface area contributed by atoms with Gasteiger partial charge >= 0.3 is 23.1 Å². The van der Waals surface area contributed by atoms with Crippen molar-refractivity contribution in [2.24, 2.45) is 0 Å². The fraction of sp³-hybridized carbons (Fsp3) is 0.154. The number of halogens is 2. The van der Waals surface area contributed by atoms with Gasteiger partial charge in [0.1, 0.15) is 0 Å². The third-order valence-electron chi connectivity index (χ3n) is 2.21. The van der Waals surface area contributed by atoms with Crippen molar-refractivity contribution in [3.63, 3.8) is 0 Å². The number of aromatic hydroxyl groups is 1. The quantitative estimate of drug-likeness (QED) is 0.267. The lowest BCUT2D eigenvalue weighted by Gasteiger charge is -2.06. The number of carbonyl (C=O) groups is 5. The van der Waals surface area contributed by atoms with E-state index < -0.39 is 40.6 Å². The molecule has 25 heavy (non-hydrogen) atoms. The first kappa shape index (κ1) is 21.8. The van der Waals surface area contributed by atoms with Crippen molar-refractivity contribution < 1.29 is 42.9 Å². The second kappa shape index (κ2) is 10.5. The van der Waals surface area contributed by atoms with Crippen LogP contribution in [0.2, 0.25) is 0 Å². The maximum Gasteiger partial charge on any atom is 0.398 e. The third kappa shape index (κ3) is 7.74. The van der Waals surface area contributed by atoms with Crippen LogP contribution in [0, 0.1) is 5.82 Å². The maximum absolute atomic E-state index is 12.7. The number of hydrazine groups is 1. The summed E-state index contributed by atoms with van der Waals surface area (Å²) in [6, 6.07) is 2.84. The molecule has 1 aromatic rings. The standard InChI is InChI=1S/C10H9FN2O5.C3H3ClO3/c1-18-10(17)9(16)13-12-8(15)5-2-3-6(11)7(14)4-5;1-7-3(6)2(4)5/h2-4,14H,1H3,(H,12,15)(H,13,16);1H3. The number of nitrogens with one attached hydrogen (secondary N) is 2. The van der Waals surface area contributed by atoms with Crippen molar-refractivity contribution in [1.82, 2.24) is 10.9 Å². The average molecular weight is 379 g/mol. The van der Waals surface area contributed by atoms with Crippen LogP contribution in [0.25, 0.3) is 0 Å². The van der Waals surface area contributed by atoms with Crippen molar-refractivity contribution in [3.8, 4) is 5.75 Å². The highest BCUT2D eigenvalue weighted by molar-refractivity contribution is 6.80. The Hall–Kier alpha value is -3.21. The predicted molar refractivity (Wildman–Crippen MR) is 78.6 cm³/mol. The summed E-state index contributed by atoms with van der Waals surface area (Å²) in [6.45, 7) is 0. The van der Waals surface area contributed by atoms with E-state index in [4.69, 9.17) is 5.11 Å². The van der Waals surface area contributed by atoms with Crippen LogP contribution in [0.4, 0.5) is 4.39 Å². The molecule has 0 aliphatic carbocycles. The van der Waals surface area contributed by atoms with Gasteiger partial charge in [-0.05, 0) is 29.8 Å². The van der Waals surface area contributed by atoms with Crippen molar-refractivity contribution in [1.29, 1.82) is 0 Å². The van der Waals surface area contributed by atoms with Gasteiger partial charge in [0, 0.05) is 5.56 Å². The Morgan fingerprint density at radius 2 is 1.60 bits per heavy atom. The van der Waals surface area contributed by atoms with E-state index in [1.165, 1.54) is 0 Å². The molecule has 0 heterocycles. The summed E-state index contributed by atoms with van der Waals surface area (Å²) in [5.41, 5.74) is 3.57. The maximum atomic E-state index is 12.7. The van der Waals surface area contributed by atoms with Gasteiger partial charge in [-0.15, -0.1) is 0 Å². The number of ether oxygens (including phenoxy) is 2. The highest BCUT2D eigenvalue weighted by Gasteiger charge is 2.15. The summed E-state index contributed by atoms with van der Waals surface area (Å²) in [5.74, 6) is -5.80. The van der Waals surface area contributed by atoms with Crippen LogP contribution in [-0.2, 0) is 28.7 Å². The summed E-state index contributed by atoms with van der Waals surface area (Å²) in [5, 5.41) is 7.94. The zero-order chi connectivity index (χ0) is 19.6. The topological polar surface area (TPSA) is 148 Å². The van der Waals surface area contributed by atoms with Crippen LogP contribution in [-0.4, -0.2) is 48.3 Å². The van der Waals surface area contributed by atoms with E-state index in [9.17, 15) is 28.4 Å². The molecule has 0 saturated carbocycles. The molecule has 0 radical (unpaired) electrons. The molecule has 0 atom stereocenters. The minimum Gasteiger partial charge on any atom is -0.505 e. The van der Waals surface area contributed by atoms with Gasteiger partial charge in [0.15, 0.2) is 11.6 Å². The number of hydrogen-bond acceptors (Lipinski definition) is 8. The molecule has 3 N–H and O–H groups in total. The number of benzene rings is 1. The molecular weight excluding hydrogens is 367 g/mol. The Morgan fingerprint density at radius 3 is 2.00 bits per heavy atom. The third-order valence-corrected chi connectivity index (χ3v) is 2.37. The zero-order valence-corrected chi connectivity index (χ0v) is 13.5. The molecule has 0 aliphatic heterocycles. The first-order chi connectivity index (χ1) is 11.6. The van der Waals surface area contributed by atoms with Crippen LogP contribution in [0.3, 0.4) is 0 Å². The summed E-state index contributed by atoms with van der Waals surface area (Å²) in [6.07, 6.45) is 0. The molecule has 0 bridgehead atoms. The number of esters is 2. The number of carbonyl (C=O) groups excluding carboxylic acids is 5. The van der Waals surface area contributed by atoms with Gasteiger partial charge in [-0.25, -0.2) is 14.0 Å². The molecule has 0 unspecified atom stereocenters. The van der Waals surface area contributed by atoms with Gasteiger partial charge in [-0.2, -0.15) is 0 Å². The fourth-order valence-electron chi connectivity index (χ4n) is 1.06. The van der Waals surface area contributed by atoms with Crippen molar-refractivity contribution in [2.75, 3.05) is 14.2 Å². The van der Waals surface area contributed by atoms with E-state index in [2.05, 4.69) is 21.1 Å². The fourth-order valence-corrected chi connectivity index (χ4v) is 1.14. The van der Waals surface area contributed by atoms with Gasteiger partial charge in [0.25, 0.3) is 5.91 Å². The number of phenolic OH excluding ortho intramolecular Hbond substituents is 1. The monoisotopic (exact) mass is 378 g/mol. The molecule has 0 aromatic heterocycles. The molecule has 136 valence electrons. The molecule has 12 heteroatoms. The van der Waals surface area contributed by atoms with Gasteiger partial charge in [-0.1, -0.05) is 0 Å². The van der Waals surface area contributed by atoms with E-state index in [-0.39, 0.29) is 5.56 Å². The van der Waals surface area contributed by atoms with Gasteiger partial charge < -0.3 is 14.6 Å². The van der Waals surface area contributed by atoms with E-state index in [1.54, 1.807) is 5.43 Å². The van der Waals surface area contributed by atoms with Crippen LogP contribution in [0.15, 0.2) is 18.2 Å². The van der Waals surface area contributed by atoms with E-state index in [1.807, 2.05) is 5.43 Å². The number of hydrogen-bond donors (Lipinski definition) is 3. The van der Waals surface area contributed by atoms with Crippen LogP contribution in [0.5, 0.6) is 5.75 Å². The SMILES string of the molecule is COC(=O)C(=O)Cl.COC(=O)C(=O)NNC(=O)c1ccc(F)c(O)c1. The van der Waals surface area contributed by atoms with E-state index >= 15 is 0 Å². The smallest absolute Gasteiger partial charge is 0.398 e. The van der Waals surface area contributed by atoms with E-state index in [0.717, 1.165) is 32.4 Å². The number of amides is 2. The Kier molecular flexibility index (Phi) is 9.19. The summed E-state index contributed by atoms with van der Waals surface area (Å²) >= 11 is 4.61. The Morgan fingerprint density at radius 1 is 1.04 bits per heavy atom.